The molecule has 0 bridgehead atoms. The van der Waals surface area contributed by atoms with E-state index in [0.29, 0.717) is 11.5 Å². The number of benzene rings is 1. The van der Waals surface area contributed by atoms with Gasteiger partial charge in [0.25, 0.3) is 0 Å². The summed E-state index contributed by atoms with van der Waals surface area (Å²) in [7, 11) is 0. The molecule has 1 aliphatic rings. The Labute approximate surface area is 108 Å². The molecule has 1 N–H and O–H groups in total. The van der Waals surface area contributed by atoms with Gasteiger partial charge in [-0.2, -0.15) is 0 Å². The number of aliphatic carboxylic acids is 1. The van der Waals surface area contributed by atoms with Crippen LogP contribution in [0.15, 0.2) is 35.9 Å². The summed E-state index contributed by atoms with van der Waals surface area (Å²) in [4.78, 5) is 11.5. The average Bonchev–Trinajstić information content (AvgIpc) is 2.28. The standard InChI is InChI=1S/C16H20O2/c1-11-5-4-6-13(9-11)16(3)10-12(2)7-8-14(16)15(17)18/h4-6,8-9,12H,7,10H2,1-3H3,(H,17,18). The monoisotopic (exact) mass is 244 g/mol. The van der Waals surface area contributed by atoms with Crippen LogP contribution < -0.4 is 0 Å². The smallest absolute Gasteiger partial charge is 0.332 e. The van der Waals surface area contributed by atoms with Gasteiger partial charge in [0.15, 0.2) is 0 Å². The summed E-state index contributed by atoms with van der Waals surface area (Å²) in [5.41, 5.74) is 2.47. The summed E-state index contributed by atoms with van der Waals surface area (Å²) in [6, 6.07) is 8.20. The summed E-state index contributed by atoms with van der Waals surface area (Å²) in [5, 5.41) is 9.42. The third-order valence-electron chi connectivity index (χ3n) is 3.96. The molecule has 0 amide bonds. The van der Waals surface area contributed by atoms with E-state index in [1.807, 2.05) is 31.2 Å². The number of hydrogen-bond donors (Lipinski definition) is 1. The largest absolute Gasteiger partial charge is 0.478 e. The van der Waals surface area contributed by atoms with Gasteiger partial charge < -0.3 is 5.11 Å². The second-order valence-corrected chi connectivity index (χ2v) is 5.67. The van der Waals surface area contributed by atoms with E-state index in [2.05, 4.69) is 19.9 Å². The van der Waals surface area contributed by atoms with Crippen molar-refractivity contribution >= 4 is 5.97 Å². The number of allylic oxidation sites excluding steroid dienone is 1. The van der Waals surface area contributed by atoms with Crippen LogP contribution in [0.25, 0.3) is 0 Å². The molecule has 96 valence electrons. The lowest BCUT2D eigenvalue weighted by Gasteiger charge is -2.37. The van der Waals surface area contributed by atoms with E-state index in [4.69, 9.17) is 0 Å². The SMILES string of the molecule is Cc1cccc(C2(C)CC(C)CC=C2C(=O)O)c1. The second kappa shape index (κ2) is 4.60. The van der Waals surface area contributed by atoms with Crippen LogP contribution in [-0.2, 0) is 10.2 Å². The highest BCUT2D eigenvalue weighted by molar-refractivity contribution is 5.90. The Balaban J connectivity index is 2.52. The van der Waals surface area contributed by atoms with Crippen LogP contribution in [0.5, 0.6) is 0 Å². The first-order valence-corrected chi connectivity index (χ1v) is 6.44. The van der Waals surface area contributed by atoms with Gasteiger partial charge in [0.2, 0.25) is 0 Å². The zero-order valence-electron chi connectivity index (χ0n) is 11.2. The minimum absolute atomic E-state index is 0.366. The maximum absolute atomic E-state index is 11.5. The van der Waals surface area contributed by atoms with Gasteiger partial charge in [-0.15, -0.1) is 0 Å². The zero-order valence-corrected chi connectivity index (χ0v) is 11.2. The normalized spacial score (nSPS) is 27.7. The molecular formula is C16H20O2. The first-order chi connectivity index (χ1) is 8.43. The van der Waals surface area contributed by atoms with Crippen LogP contribution in [0.1, 0.15) is 37.8 Å². The van der Waals surface area contributed by atoms with Gasteiger partial charge in [0, 0.05) is 11.0 Å². The molecular weight excluding hydrogens is 224 g/mol. The molecule has 2 heteroatoms. The predicted molar refractivity (Wildman–Crippen MR) is 72.6 cm³/mol. The van der Waals surface area contributed by atoms with E-state index in [0.717, 1.165) is 18.4 Å². The van der Waals surface area contributed by atoms with Crippen molar-refractivity contribution in [3.05, 3.63) is 47.0 Å². The molecule has 1 aliphatic carbocycles. The van der Waals surface area contributed by atoms with Crippen LogP contribution >= 0.6 is 0 Å². The summed E-state index contributed by atoms with van der Waals surface area (Å²) >= 11 is 0. The van der Waals surface area contributed by atoms with E-state index in [1.165, 1.54) is 5.56 Å². The summed E-state index contributed by atoms with van der Waals surface area (Å²) in [6.07, 6.45) is 3.66. The van der Waals surface area contributed by atoms with Crippen LogP contribution in [0.4, 0.5) is 0 Å². The number of aryl methyl sites for hydroxylation is 1. The van der Waals surface area contributed by atoms with Crippen LogP contribution in [0.2, 0.25) is 0 Å². The van der Waals surface area contributed by atoms with Gasteiger partial charge >= 0.3 is 5.97 Å². The molecule has 0 fully saturated rings. The Morgan fingerprint density at radius 1 is 1.44 bits per heavy atom. The maximum Gasteiger partial charge on any atom is 0.332 e. The molecule has 0 aliphatic heterocycles. The highest BCUT2D eigenvalue weighted by Crippen LogP contribution is 2.42. The van der Waals surface area contributed by atoms with Crippen molar-refractivity contribution in [3.63, 3.8) is 0 Å². The lowest BCUT2D eigenvalue weighted by Crippen LogP contribution is -2.34. The van der Waals surface area contributed by atoms with E-state index in [9.17, 15) is 9.90 Å². The van der Waals surface area contributed by atoms with Crippen molar-refractivity contribution < 1.29 is 9.90 Å². The van der Waals surface area contributed by atoms with Crippen molar-refractivity contribution in [1.82, 2.24) is 0 Å². The topological polar surface area (TPSA) is 37.3 Å². The van der Waals surface area contributed by atoms with Gasteiger partial charge in [-0.05, 0) is 31.2 Å². The third-order valence-corrected chi connectivity index (χ3v) is 3.96. The van der Waals surface area contributed by atoms with Crippen molar-refractivity contribution in [2.75, 3.05) is 0 Å². The number of carboxylic acids is 1. The van der Waals surface area contributed by atoms with Crippen molar-refractivity contribution in [2.45, 2.75) is 39.0 Å². The van der Waals surface area contributed by atoms with E-state index < -0.39 is 5.97 Å². The van der Waals surface area contributed by atoms with Crippen LogP contribution in [0, 0.1) is 12.8 Å². The Morgan fingerprint density at radius 3 is 2.78 bits per heavy atom. The molecule has 0 saturated carbocycles. The molecule has 0 aromatic heterocycles. The molecule has 1 aromatic rings. The minimum atomic E-state index is -0.786. The first kappa shape index (κ1) is 12.9. The molecule has 2 nitrogen and oxygen atoms in total. The zero-order chi connectivity index (χ0) is 13.3. The number of carboxylic acid groups (broad SMARTS) is 1. The number of rotatable bonds is 2. The van der Waals surface area contributed by atoms with Gasteiger partial charge in [-0.1, -0.05) is 49.8 Å². The summed E-state index contributed by atoms with van der Waals surface area (Å²) in [6.45, 7) is 6.28. The number of hydrogen-bond acceptors (Lipinski definition) is 1. The molecule has 2 atom stereocenters. The molecule has 18 heavy (non-hydrogen) atoms. The third kappa shape index (κ3) is 2.20. The van der Waals surface area contributed by atoms with Gasteiger partial charge in [-0.3, -0.25) is 0 Å². The lowest BCUT2D eigenvalue weighted by atomic mass is 9.66. The summed E-state index contributed by atoms with van der Waals surface area (Å²) in [5.74, 6) is -0.260. The molecule has 0 radical (unpaired) electrons. The van der Waals surface area contributed by atoms with Crippen molar-refractivity contribution in [2.24, 2.45) is 5.92 Å². The Bertz CT molecular complexity index is 502. The molecule has 0 spiro atoms. The highest BCUT2D eigenvalue weighted by atomic mass is 16.4. The predicted octanol–water partition coefficient (Wildman–Crippen LogP) is 3.69. The van der Waals surface area contributed by atoms with Crippen molar-refractivity contribution in [1.29, 1.82) is 0 Å². The first-order valence-electron chi connectivity index (χ1n) is 6.44. The lowest BCUT2D eigenvalue weighted by molar-refractivity contribution is -0.133. The van der Waals surface area contributed by atoms with Crippen LogP contribution in [-0.4, -0.2) is 11.1 Å². The van der Waals surface area contributed by atoms with Gasteiger partial charge in [0.05, 0.1) is 0 Å². The molecule has 2 rings (SSSR count). The molecule has 0 saturated heterocycles. The molecule has 0 heterocycles. The van der Waals surface area contributed by atoms with Crippen LogP contribution in [0.3, 0.4) is 0 Å². The fourth-order valence-electron chi connectivity index (χ4n) is 3.02. The van der Waals surface area contributed by atoms with Gasteiger partial charge in [-0.25, -0.2) is 4.79 Å². The Morgan fingerprint density at radius 2 is 2.17 bits per heavy atom. The van der Waals surface area contributed by atoms with E-state index in [-0.39, 0.29) is 5.41 Å². The average molecular weight is 244 g/mol. The maximum atomic E-state index is 11.5. The van der Waals surface area contributed by atoms with E-state index in [1.54, 1.807) is 0 Å². The fraction of sp³-hybridized carbons (Fsp3) is 0.438. The van der Waals surface area contributed by atoms with E-state index >= 15 is 0 Å². The summed E-state index contributed by atoms with van der Waals surface area (Å²) < 4.78 is 0. The minimum Gasteiger partial charge on any atom is -0.478 e. The van der Waals surface area contributed by atoms with Crippen molar-refractivity contribution in [3.8, 4) is 0 Å². The second-order valence-electron chi connectivity index (χ2n) is 5.67. The Hall–Kier alpha value is -1.57. The van der Waals surface area contributed by atoms with Gasteiger partial charge in [0.1, 0.15) is 0 Å². The molecule has 2 unspecified atom stereocenters. The highest BCUT2D eigenvalue weighted by Gasteiger charge is 2.38. The fourth-order valence-corrected chi connectivity index (χ4v) is 3.02. The molecule has 1 aromatic carbocycles. The number of carbonyl (C=O) groups is 1. The quantitative estimate of drug-likeness (QED) is 0.861. The Kier molecular flexibility index (Phi) is 3.29.